The first kappa shape index (κ1) is 12.2. The monoisotopic (exact) mass is 215 g/mol. The fourth-order valence-electron chi connectivity index (χ4n) is 2.85. The minimum absolute atomic E-state index is 0.282. The first-order valence-corrected chi connectivity index (χ1v) is 8.35. The molecule has 2 atom stereocenters. The Kier molecular flexibility index (Phi) is 5.13. The summed E-state index contributed by atoms with van der Waals surface area (Å²) in [5.41, 5.74) is 2.94. The minimum atomic E-state index is -0.652. The number of nitrogens with one attached hydrogen (secondary N) is 1. The quantitative estimate of drug-likeness (QED) is 0.543. The molecule has 2 unspecified atom stereocenters. The smallest absolute Gasteiger partial charge is 0.0782 e. The molecule has 1 saturated heterocycles. The van der Waals surface area contributed by atoms with E-state index in [2.05, 4.69) is 19.3 Å². The van der Waals surface area contributed by atoms with Crippen LogP contribution >= 0.6 is 0 Å². The zero-order valence-electron chi connectivity index (χ0n) is 9.94. The average Bonchev–Trinajstić information content (AvgIpc) is 2.59. The highest BCUT2D eigenvalue weighted by Crippen LogP contribution is 2.37. The van der Waals surface area contributed by atoms with Gasteiger partial charge in [0.15, 0.2) is 0 Å². The number of hydrogen-bond donors (Lipinski definition) is 1. The Balaban J connectivity index is 2.53. The predicted octanol–water partition coefficient (Wildman–Crippen LogP) is 2.65. The van der Waals surface area contributed by atoms with Gasteiger partial charge in [0.2, 0.25) is 0 Å². The van der Waals surface area contributed by atoms with Gasteiger partial charge in [-0.3, -0.25) is 4.84 Å². The third-order valence-electron chi connectivity index (χ3n) is 3.71. The van der Waals surface area contributed by atoms with Crippen molar-refractivity contribution in [2.75, 3.05) is 7.05 Å². The maximum Gasteiger partial charge on any atom is 0.0782 e. The van der Waals surface area contributed by atoms with Gasteiger partial charge >= 0.3 is 0 Å². The molecule has 0 radical (unpaired) electrons. The van der Waals surface area contributed by atoms with Crippen LogP contribution in [0.4, 0.5) is 0 Å². The van der Waals surface area contributed by atoms with Crippen LogP contribution in [-0.4, -0.2) is 21.1 Å². The third kappa shape index (κ3) is 2.58. The van der Waals surface area contributed by atoms with E-state index >= 15 is 0 Å². The molecule has 0 aromatic heterocycles. The van der Waals surface area contributed by atoms with Crippen molar-refractivity contribution in [3.8, 4) is 0 Å². The third-order valence-corrected chi connectivity index (χ3v) is 8.22. The Morgan fingerprint density at radius 1 is 1.43 bits per heavy atom. The largest absolute Gasteiger partial charge is 0.299 e. The number of unbranched alkanes of at least 4 members (excludes halogenated alkanes) is 1. The van der Waals surface area contributed by atoms with Gasteiger partial charge in [0.05, 0.1) is 14.0 Å². The second kappa shape index (κ2) is 5.88. The molecule has 0 bridgehead atoms. The van der Waals surface area contributed by atoms with E-state index in [9.17, 15) is 0 Å². The summed E-state index contributed by atoms with van der Waals surface area (Å²) in [6.07, 6.45) is 6.64. The zero-order valence-corrected chi connectivity index (χ0v) is 11.1. The molecule has 84 valence electrons. The van der Waals surface area contributed by atoms with Crippen molar-refractivity contribution in [2.45, 2.75) is 63.3 Å². The van der Waals surface area contributed by atoms with E-state index in [1.165, 1.54) is 44.2 Å². The highest BCUT2D eigenvalue weighted by atomic mass is 28.3. The number of hydroxylamine groups is 1. The Bertz CT molecular complexity index is 165. The van der Waals surface area contributed by atoms with E-state index in [1.807, 2.05) is 7.05 Å². The van der Waals surface area contributed by atoms with Gasteiger partial charge in [-0.25, -0.2) is 5.48 Å². The molecule has 1 aliphatic heterocycles. The van der Waals surface area contributed by atoms with E-state index in [4.69, 9.17) is 4.84 Å². The van der Waals surface area contributed by atoms with E-state index in [1.54, 1.807) is 0 Å². The average molecular weight is 215 g/mol. The molecule has 0 aromatic carbocycles. The van der Waals surface area contributed by atoms with Crippen LogP contribution in [0.3, 0.4) is 0 Å². The topological polar surface area (TPSA) is 21.3 Å². The van der Waals surface area contributed by atoms with Crippen LogP contribution in [0.1, 0.15) is 46.0 Å². The van der Waals surface area contributed by atoms with Crippen molar-refractivity contribution in [2.24, 2.45) is 0 Å². The van der Waals surface area contributed by atoms with Gasteiger partial charge in [0.25, 0.3) is 0 Å². The lowest BCUT2D eigenvalue weighted by atomic mass is 10.1. The SMILES string of the molecule is CCCC[SiH]1CCCC1(CC)ONC. The maximum atomic E-state index is 5.86. The van der Waals surface area contributed by atoms with Crippen LogP contribution in [0.25, 0.3) is 0 Å². The van der Waals surface area contributed by atoms with Gasteiger partial charge in [-0.15, -0.1) is 0 Å². The molecule has 0 aliphatic carbocycles. The molecule has 0 saturated carbocycles. The van der Waals surface area contributed by atoms with Crippen molar-refractivity contribution in [3.63, 3.8) is 0 Å². The van der Waals surface area contributed by atoms with Crippen molar-refractivity contribution in [3.05, 3.63) is 0 Å². The van der Waals surface area contributed by atoms with E-state index in [-0.39, 0.29) is 5.22 Å². The van der Waals surface area contributed by atoms with Gasteiger partial charge in [0, 0.05) is 7.05 Å². The highest BCUT2D eigenvalue weighted by molar-refractivity contribution is 6.62. The summed E-state index contributed by atoms with van der Waals surface area (Å²) in [6, 6.07) is 2.97. The van der Waals surface area contributed by atoms with E-state index in [0.29, 0.717) is 0 Å². The normalized spacial score (nSPS) is 32.4. The lowest BCUT2D eigenvalue weighted by Gasteiger charge is -2.33. The Morgan fingerprint density at radius 3 is 2.79 bits per heavy atom. The molecule has 1 heterocycles. The van der Waals surface area contributed by atoms with Gasteiger partial charge in [-0.2, -0.15) is 0 Å². The van der Waals surface area contributed by atoms with Gasteiger partial charge in [0.1, 0.15) is 0 Å². The van der Waals surface area contributed by atoms with Crippen LogP contribution in [0.15, 0.2) is 0 Å². The molecule has 2 nitrogen and oxygen atoms in total. The lowest BCUT2D eigenvalue weighted by Crippen LogP contribution is -2.46. The van der Waals surface area contributed by atoms with Gasteiger partial charge in [-0.05, 0) is 12.8 Å². The standard InChI is InChI=1S/C11H25NOSi/c1-4-6-9-14-10-7-8-11(14,5-2)13-12-3/h12,14H,4-10H2,1-3H3. The fourth-order valence-corrected chi connectivity index (χ4v) is 7.26. The first-order valence-electron chi connectivity index (χ1n) is 6.13. The summed E-state index contributed by atoms with van der Waals surface area (Å²) in [5.74, 6) is 0. The van der Waals surface area contributed by atoms with Crippen LogP contribution in [-0.2, 0) is 4.84 Å². The molecule has 1 rings (SSSR count). The molecule has 0 aromatic rings. The van der Waals surface area contributed by atoms with Gasteiger partial charge < -0.3 is 0 Å². The molecular weight excluding hydrogens is 190 g/mol. The fraction of sp³-hybridized carbons (Fsp3) is 1.00. The van der Waals surface area contributed by atoms with Crippen molar-refractivity contribution in [1.82, 2.24) is 5.48 Å². The summed E-state index contributed by atoms with van der Waals surface area (Å²) < 4.78 is 0. The van der Waals surface area contributed by atoms with E-state index in [0.717, 1.165) is 0 Å². The molecule has 0 spiro atoms. The first-order chi connectivity index (χ1) is 6.79. The van der Waals surface area contributed by atoms with Gasteiger partial charge in [-0.1, -0.05) is 45.2 Å². The van der Waals surface area contributed by atoms with Crippen molar-refractivity contribution in [1.29, 1.82) is 0 Å². The molecule has 1 fully saturated rings. The summed E-state index contributed by atoms with van der Waals surface area (Å²) in [5, 5.41) is 0.282. The van der Waals surface area contributed by atoms with E-state index < -0.39 is 8.80 Å². The van der Waals surface area contributed by atoms with Crippen LogP contribution in [0.2, 0.25) is 12.1 Å². The Labute approximate surface area is 90.0 Å². The second-order valence-corrected chi connectivity index (χ2v) is 8.06. The lowest BCUT2D eigenvalue weighted by molar-refractivity contribution is -0.0490. The minimum Gasteiger partial charge on any atom is -0.299 e. The summed E-state index contributed by atoms with van der Waals surface area (Å²) in [6.45, 7) is 4.57. The van der Waals surface area contributed by atoms with Crippen molar-refractivity contribution >= 4 is 8.80 Å². The molecule has 14 heavy (non-hydrogen) atoms. The van der Waals surface area contributed by atoms with Crippen molar-refractivity contribution < 1.29 is 4.84 Å². The summed E-state index contributed by atoms with van der Waals surface area (Å²) in [4.78, 5) is 5.86. The Morgan fingerprint density at radius 2 is 2.21 bits per heavy atom. The van der Waals surface area contributed by atoms with Crippen LogP contribution in [0, 0.1) is 0 Å². The number of rotatable bonds is 6. The maximum absolute atomic E-state index is 5.86. The Hall–Kier alpha value is 0.137. The molecule has 3 heteroatoms. The van der Waals surface area contributed by atoms with Crippen LogP contribution in [0.5, 0.6) is 0 Å². The molecular formula is C11H25NOSi. The second-order valence-electron chi connectivity index (χ2n) is 4.46. The molecule has 1 aliphatic rings. The zero-order chi connectivity index (χ0) is 10.4. The van der Waals surface area contributed by atoms with Crippen LogP contribution < -0.4 is 5.48 Å². The molecule has 0 amide bonds. The highest BCUT2D eigenvalue weighted by Gasteiger charge is 2.43. The molecule has 1 N–H and O–H groups in total. The predicted molar refractivity (Wildman–Crippen MR) is 64.1 cm³/mol. The summed E-state index contributed by atoms with van der Waals surface area (Å²) >= 11 is 0. The number of hydrogen-bond acceptors (Lipinski definition) is 2. The summed E-state index contributed by atoms with van der Waals surface area (Å²) in [7, 11) is 1.25.